The summed E-state index contributed by atoms with van der Waals surface area (Å²) < 4.78 is 11.5. The fourth-order valence-electron chi connectivity index (χ4n) is 2.65. The highest BCUT2D eigenvalue weighted by molar-refractivity contribution is 9.10. The number of carbonyl (C=O) groups excluding carboxylic acids is 2. The molecule has 1 heterocycles. The van der Waals surface area contributed by atoms with E-state index in [-0.39, 0.29) is 23.8 Å². The molecule has 29 heavy (non-hydrogen) atoms. The zero-order chi connectivity index (χ0) is 20.6. The number of ether oxygens (including phenoxy) is 2. The van der Waals surface area contributed by atoms with E-state index in [1.54, 1.807) is 35.2 Å². The molecule has 2 aromatic rings. The Morgan fingerprint density at radius 3 is 2.72 bits per heavy atom. The molecule has 0 aliphatic carbocycles. The van der Waals surface area contributed by atoms with E-state index in [0.29, 0.717) is 42.1 Å². The molecule has 152 valence electrons. The monoisotopic (exact) mass is 461 g/mol. The second-order valence-corrected chi connectivity index (χ2v) is 7.04. The molecule has 1 saturated heterocycles. The molecule has 2 amide bonds. The van der Waals surface area contributed by atoms with Crippen LogP contribution in [0.5, 0.6) is 11.5 Å². The average Bonchev–Trinajstić information content (AvgIpc) is 2.74. The Kier molecular flexibility index (Phi) is 7.20. The van der Waals surface area contributed by atoms with Crippen LogP contribution < -0.4 is 10.2 Å². The standard InChI is InChI=1S/C20H20BrN3O5/c21-16-11-14(12-22-23-20(27)15-3-1-2-4-17(15)25)5-6-18(16)29-13-19(26)24-7-9-28-10-8-24/h1-6,11-12,25H,7-10,13H2,(H,23,27)/b22-12+. The SMILES string of the molecule is O=C(N/N=C/c1ccc(OCC(=O)N2CCOCC2)c(Br)c1)c1ccccc1O. The number of hydrazone groups is 1. The fraction of sp³-hybridized carbons (Fsp3) is 0.250. The lowest BCUT2D eigenvalue weighted by molar-refractivity contribution is -0.137. The van der Waals surface area contributed by atoms with Crippen LogP contribution in [-0.2, 0) is 9.53 Å². The number of phenols is 1. The molecule has 8 nitrogen and oxygen atoms in total. The third-order valence-electron chi connectivity index (χ3n) is 4.20. The van der Waals surface area contributed by atoms with E-state index in [1.807, 2.05) is 0 Å². The maximum atomic E-state index is 12.1. The Balaban J connectivity index is 1.53. The number of phenolic OH excluding ortho intramolecular Hbond substituents is 1. The number of para-hydroxylation sites is 1. The van der Waals surface area contributed by atoms with Gasteiger partial charge in [-0.25, -0.2) is 5.43 Å². The van der Waals surface area contributed by atoms with E-state index >= 15 is 0 Å². The number of nitrogens with one attached hydrogen (secondary N) is 1. The largest absolute Gasteiger partial charge is 0.507 e. The summed E-state index contributed by atoms with van der Waals surface area (Å²) >= 11 is 3.41. The summed E-state index contributed by atoms with van der Waals surface area (Å²) in [6, 6.07) is 11.4. The average molecular weight is 462 g/mol. The number of hydrogen-bond donors (Lipinski definition) is 2. The molecule has 0 aromatic heterocycles. The highest BCUT2D eigenvalue weighted by atomic mass is 79.9. The highest BCUT2D eigenvalue weighted by Gasteiger charge is 2.17. The van der Waals surface area contributed by atoms with Gasteiger partial charge in [0.05, 0.1) is 29.5 Å². The molecule has 0 atom stereocenters. The predicted molar refractivity (Wildman–Crippen MR) is 110 cm³/mol. The summed E-state index contributed by atoms with van der Waals surface area (Å²) in [4.78, 5) is 25.9. The molecular weight excluding hydrogens is 442 g/mol. The van der Waals surface area contributed by atoms with Gasteiger partial charge in [0.25, 0.3) is 11.8 Å². The zero-order valence-corrected chi connectivity index (χ0v) is 17.1. The Labute approximate surface area is 176 Å². The van der Waals surface area contributed by atoms with Crippen molar-refractivity contribution in [2.45, 2.75) is 0 Å². The normalized spacial score (nSPS) is 14.0. The number of rotatable bonds is 6. The third-order valence-corrected chi connectivity index (χ3v) is 4.82. The van der Waals surface area contributed by atoms with Crippen LogP contribution in [0.3, 0.4) is 0 Å². The molecule has 0 radical (unpaired) electrons. The van der Waals surface area contributed by atoms with Gasteiger partial charge in [0.2, 0.25) is 0 Å². The summed E-state index contributed by atoms with van der Waals surface area (Å²) in [5.41, 5.74) is 3.21. The molecular formula is C20H20BrN3O5. The van der Waals surface area contributed by atoms with Crippen LogP contribution in [0.15, 0.2) is 52.0 Å². The second kappa shape index (κ2) is 10.0. The van der Waals surface area contributed by atoms with E-state index in [1.165, 1.54) is 18.3 Å². The quantitative estimate of drug-likeness (QED) is 0.506. The molecule has 0 spiro atoms. The van der Waals surface area contributed by atoms with E-state index < -0.39 is 5.91 Å². The van der Waals surface area contributed by atoms with Gasteiger partial charge in [-0.15, -0.1) is 0 Å². The molecule has 2 aromatic carbocycles. The number of nitrogens with zero attached hydrogens (tertiary/aromatic N) is 2. The Hall–Kier alpha value is -2.91. The van der Waals surface area contributed by atoms with Gasteiger partial charge in [0, 0.05) is 13.1 Å². The lowest BCUT2D eigenvalue weighted by atomic mass is 10.2. The van der Waals surface area contributed by atoms with Crippen LogP contribution in [0.25, 0.3) is 0 Å². The van der Waals surface area contributed by atoms with Crippen LogP contribution in [-0.4, -0.2) is 60.9 Å². The Morgan fingerprint density at radius 1 is 1.24 bits per heavy atom. The maximum Gasteiger partial charge on any atom is 0.275 e. The van der Waals surface area contributed by atoms with Crippen LogP contribution in [0.4, 0.5) is 0 Å². The van der Waals surface area contributed by atoms with Crippen molar-refractivity contribution in [3.63, 3.8) is 0 Å². The molecule has 1 aliphatic heterocycles. The Morgan fingerprint density at radius 2 is 2.00 bits per heavy atom. The van der Waals surface area contributed by atoms with Crippen molar-refractivity contribution in [1.82, 2.24) is 10.3 Å². The molecule has 1 fully saturated rings. The topological polar surface area (TPSA) is 100 Å². The van der Waals surface area contributed by atoms with Gasteiger partial charge in [-0.1, -0.05) is 12.1 Å². The number of hydrogen-bond acceptors (Lipinski definition) is 6. The minimum Gasteiger partial charge on any atom is -0.507 e. The van der Waals surface area contributed by atoms with Gasteiger partial charge in [-0.3, -0.25) is 9.59 Å². The van der Waals surface area contributed by atoms with E-state index in [9.17, 15) is 14.7 Å². The number of amides is 2. The van der Waals surface area contributed by atoms with Gasteiger partial charge in [-0.05, 0) is 51.8 Å². The third kappa shape index (κ3) is 5.78. The number of carbonyl (C=O) groups is 2. The molecule has 2 N–H and O–H groups in total. The van der Waals surface area contributed by atoms with Gasteiger partial charge < -0.3 is 19.5 Å². The van der Waals surface area contributed by atoms with E-state index in [0.717, 1.165) is 0 Å². The summed E-state index contributed by atoms with van der Waals surface area (Å²) in [6.07, 6.45) is 1.46. The predicted octanol–water partition coefficient (Wildman–Crippen LogP) is 2.16. The summed E-state index contributed by atoms with van der Waals surface area (Å²) in [5, 5.41) is 13.6. The zero-order valence-electron chi connectivity index (χ0n) is 15.5. The number of aromatic hydroxyl groups is 1. The first-order chi connectivity index (χ1) is 14.0. The first-order valence-corrected chi connectivity index (χ1v) is 9.73. The summed E-state index contributed by atoms with van der Waals surface area (Å²) in [5.74, 6) is -0.184. The smallest absolute Gasteiger partial charge is 0.275 e. The fourth-order valence-corrected chi connectivity index (χ4v) is 3.16. The lowest BCUT2D eigenvalue weighted by Crippen LogP contribution is -2.43. The second-order valence-electron chi connectivity index (χ2n) is 6.19. The highest BCUT2D eigenvalue weighted by Crippen LogP contribution is 2.25. The molecule has 1 aliphatic rings. The van der Waals surface area contributed by atoms with Gasteiger partial charge in [-0.2, -0.15) is 5.10 Å². The van der Waals surface area contributed by atoms with Crippen LogP contribution in [0, 0.1) is 0 Å². The van der Waals surface area contributed by atoms with Crippen LogP contribution in [0.2, 0.25) is 0 Å². The van der Waals surface area contributed by atoms with Crippen LogP contribution >= 0.6 is 15.9 Å². The van der Waals surface area contributed by atoms with Gasteiger partial charge in [0.15, 0.2) is 6.61 Å². The van der Waals surface area contributed by atoms with E-state index in [4.69, 9.17) is 9.47 Å². The molecule has 3 rings (SSSR count). The van der Waals surface area contributed by atoms with Gasteiger partial charge in [0.1, 0.15) is 11.5 Å². The minimum atomic E-state index is -0.514. The van der Waals surface area contributed by atoms with Crippen LogP contribution in [0.1, 0.15) is 15.9 Å². The summed E-state index contributed by atoms with van der Waals surface area (Å²) in [6.45, 7) is 2.19. The molecule has 0 bridgehead atoms. The molecule has 0 saturated carbocycles. The van der Waals surface area contributed by atoms with Crippen molar-refractivity contribution in [1.29, 1.82) is 0 Å². The maximum absolute atomic E-state index is 12.1. The number of benzene rings is 2. The first kappa shape index (κ1) is 20.8. The summed E-state index contributed by atoms with van der Waals surface area (Å²) in [7, 11) is 0. The van der Waals surface area contributed by atoms with Crippen molar-refractivity contribution in [3.05, 3.63) is 58.1 Å². The number of halogens is 1. The van der Waals surface area contributed by atoms with Crippen molar-refractivity contribution in [2.75, 3.05) is 32.9 Å². The number of morpholine rings is 1. The van der Waals surface area contributed by atoms with Gasteiger partial charge >= 0.3 is 0 Å². The molecule has 0 unspecified atom stereocenters. The Bertz CT molecular complexity index is 913. The van der Waals surface area contributed by atoms with Crippen molar-refractivity contribution >= 4 is 34.0 Å². The molecule has 9 heteroatoms. The van der Waals surface area contributed by atoms with Crippen molar-refractivity contribution in [3.8, 4) is 11.5 Å². The lowest BCUT2D eigenvalue weighted by Gasteiger charge is -2.26. The van der Waals surface area contributed by atoms with Crippen molar-refractivity contribution in [2.24, 2.45) is 5.10 Å². The van der Waals surface area contributed by atoms with Crippen molar-refractivity contribution < 1.29 is 24.2 Å². The first-order valence-electron chi connectivity index (χ1n) is 8.94. The van der Waals surface area contributed by atoms with E-state index in [2.05, 4.69) is 26.5 Å². The minimum absolute atomic E-state index is 0.0529.